The molecule has 0 fully saturated rings. The van der Waals surface area contributed by atoms with Gasteiger partial charge in [-0.1, -0.05) is 51.7 Å². The van der Waals surface area contributed by atoms with Gasteiger partial charge < -0.3 is 42.6 Å². The minimum absolute atomic E-state index is 0. The number of hydrogen-bond acceptors (Lipinski definition) is 9. The average Bonchev–Trinajstić information content (AvgIpc) is 2.92. The molecule has 40 heavy (non-hydrogen) atoms. The van der Waals surface area contributed by atoms with Crippen molar-refractivity contribution >= 4 is 10.1 Å². The molecule has 0 amide bonds. The van der Waals surface area contributed by atoms with E-state index in [9.17, 15) is 8.42 Å². The summed E-state index contributed by atoms with van der Waals surface area (Å²) in [4.78, 5) is 0.160. The maximum Gasteiger partial charge on any atom is 0.297 e. The van der Waals surface area contributed by atoms with Crippen molar-refractivity contribution in [2.24, 2.45) is 0 Å². The Hall–Kier alpha value is 1.10. The molecule has 1 rings (SSSR count). The molecule has 236 valence electrons. The summed E-state index contributed by atoms with van der Waals surface area (Å²) in [5.74, 6) is 0. The summed E-state index contributed by atoms with van der Waals surface area (Å²) in [6.45, 7) is 27.1. The number of aryl methyl sites for hydroxylation is 1. The van der Waals surface area contributed by atoms with Crippen LogP contribution in [0.1, 0.15) is 53.5 Å². The number of aliphatic hydroxyl groups is 1. The Bertz CT molecular complexity index is 623. The topological polar surface area (TPSA) is 110 Å². The van der Waals surface area contributed by atoms with E-state index in [4.69, 9.17) is 33.0 Å². The van der Waals surface area contributed by atoms with Gasteiger partial charge in [-0.3, -0.25) is 4.18 Å². The van der Waals surface area contributed by atoms with E-state index in [1.165, 1.54) is 12.1 Å². The summed E-state index contributed by atoms with van der Waals surface area (Å²) in [6.07, 6.45) is 1.09. The van der Waals surface area contributed by atoms with Gasteiger partial charge in [0.2, 0.25) is 0 Å². The summed E-state index contributed by atoms with van der Waals surface area (Å²) >= 11 is 0. The van der Waals surface area contributed by atoms with Crippen molar-refractivity contribution in [2.45, 2.75) is 59.8 Å². The first-order valence-corrected chi connectivity index (χ1v) is 14.8. The molecule has 0 saturated heterocycles. The van der Waals surface area contributed by atoms with Crippen molar-refractivity contribution in [3.8, 4) is 0 Å². The molecule has 0 bridgehead atoms. The molecule has 0 unspecified atom stereocenters. The van der Waals surface area contributed by atoms with Gasteiger partial charge in [0.1, 0.15) is 0 Å². The number of aliphatic hydroxyl groups excluding tert-OH is 1. The Kier molecular flexibility index (Phi) is 63.1. The second-order valence-electron chi connectivity index (χ2n) is 6.64. The van der Waals surface area contributed by atoms with E-state index in [0.717, 1.165) is 45.0 Å². The molecular formula is C28H56O9SY2-2. The molecule has 0 aliphatic rings. The Morgan fingerprint density at radius 1 is 0.675 bits per heavy atom. The fraction of sp³-hybridized carbons (Fsp3) is 0.714. The van der Waals surface area contributed by atoms with Crippen molar-refractivity contribution in [1.82, 2.24) is 0 Å². The van der Waals surface area contributed by atoms with Crippen LogP contribution in [0, 0.1) is 20.8 Å². The predicted octanol–water partition coefficient (Wildman–Crippen LogP) is 4.89. The molecule has 1 aromatic rings. The quantitative estimate of drug-likeness (QED) is 0.135. The van der Waals surface area contributed by atoms with E-state index in [0.29, 0.717) is 26.4 Å². The van der Waals surface area contributed by atoms with Crippen molar-refractivity contribution < 1.29 is 107 Å². The molecular weight excluding hydrogens is 690 g/mol. The third-order valence-corrected chi connectivity index (χ3v) is 4.89. The number of hydrogen-bond donors (Lipinski definition) is 1. The molecule has 1 aromatic carbocycles. The first kappa shape index (κ1) is 53.6. The minimum atomic E-state index is -3.66. The molecule has 0 spiro atoms. The second-order valence-corrected chi connectivity index (χ2v) is 8.25. The fourth-order valence-corrected chi connectivity index (χ4v) is 2.84. The van der Waals surface area contributed by atoms with Gasteiger partial charge >= 0.3 is 0 Å². The molecule has 2 radical (unpaired) electrons. The van der Waals surface area contributed by atoms with Crippen LogP contribution in [0.15, 0.2) is 29.2 Å². The maximum atomic E-state index is 11.6. The van der Waals surface area contributed by atoms with Gasteiger partial charge in [-0.25, -0.2) is 0 Å². The third-order valence-electron chi connectivity index (χ3n) is 3.57. The fourth-order valence-electron chi connectivity index (χ4n) is 1.95. The summed E-state index contributed by atoms with van der Waals surface area (Å²) in [7, 11) is -3.66. The van der Waals surface area contributed by atoms with Crippen molar-refractivity contribution in [3.63, 3.8) is 0 Å². The zero-order valence-corrected chi connectivity index (χ0v) is 32.7. The first-order chi connectivity index (χ1) is 18.3. The number of ether oxygens (including phenoxy) is 5. The van der Waals surface area contributed by atoms with Gasteiger partial charge in [-0.15, -0.1) is 0 Å². The van der Waals surface area contributed by atoms with Crippen LogP contribution in [0.25, 0.3) is 0 Å². The molecule has 0 aliphatic carbocycles. The normalized spacial score (nSPS) is 9.45. The zero-order chi connectivity index (χ0) is 29.9. The van der Waals surface area contributed by atoms with E-state index in [2.05, 4.69) is 20.8 Å². The smallest absolute Gasteiger partial charge is 0.297 e. The number of rotatable bonds is 17. The van der Waals surface area contributed by atoms with Gasteiger partial charge in [-0.05, 0) is 46.2 Å². The molecule has 0 aliphatic heterocycles. The van der Waals surface area contributed by atoms with Crippen LogP contribution in [0.2, 0.25) is 0 Å². The van der Waals surface area contributed by atoms with Crippen molar-refractivity contribution in [1.29, 1.82) is 0 Å². The van der Waals surface area contributed by atoms with Gasteiger partial charge in [-0.2, -0.15) is 8.42 Å². The standard InChI is InChI=1S/C11H15O4S.C7H16O2.C6H13O2.C2H6O.C2H6.2Y/c1-3-14-8-9-15-16(12,13)11-6-4-10(2)5-7-11;1-3-5-9-7-6-8-4-2;1-3-7-5-6-8-4-2;1-2-3;1-2;;/h4-7H,1,3,8-9H2,2H3;3-7H2,1-2H3;1,3-6H2,2H3;3H,2H2,1H3;1-2H3;;/q-1;;-1;;;;. The Morgan fingerprint density at radius 2 is 1.05 bits per heavy atom. The Balaban J connectivity index is -0.000000104. The van der Waals surface area contributed by atoms with E-state index in [1.807, 2.05) is 34.6 Å². The van der Waals surface area contributed by atoms with Crippen molar-refractivity contribution in [2.75, 3.05) is 79.3 Å². The van der Waals surface area contributed by atoms with Gasteiger partial charge in [0.05, 0.1) is 44.5 Å². The van der Waals surface area contributed by atoms with Gasteiger partial charge in [0, 0.05) is 91.8 Å². The second kappa shape index (κ2) is 47.0. The van der Waals surface area contributed by atoms with Crippen LogP contribution >= 0.6 is 0 Å². The summed E-state index contributed by atoms with van der Waals surface area (Å²) in [5, 5.41) is 7.57. The van der Waals surface area contributed by atoms with Crippen LogP contribution in [-0.2, 0) is 103 Å². The minimum Gasteiger partial charge on any atom is -0.411 e. The number of benzene rings is 1. The third kappa shape index (κ3) is 46.1. The van der Waals surface area contributed by atoms with E-state index >= 15 is 0 Å². The molecule has 0 heterocycles. The molecule has 1 N–H and O–H groups in total. The van der Waals surface area contributed by atoms with Gasteiger partial charge in [0.15, 0.2) is 0 Å². The Morgan fingerprint density at radius 3 is 1.43 bits per heavy atom. The van der Waals surface area contributed by atoms with E-state index < -0.39 is 10.1 Å². The zero-order valence-electron chi connectivity index (χ0n) is 26.2. The molecule has 0 aromatic heterocycles. The largest absolute Gasteiger partial charge is 0.411 e. The van der Waals surface area contributed by atoms with Gasteiger partial charge in [0.25, 0.3) is 10.1 Å². The summed E-state index contributed by atoms with van der Waals surface area (Å²) in [5.41, 5.74) is 0.999. The molecule has 12 heteroatoms. The summed E-state index contributed by atoms with van der Waals surface area (Å²) < 4.78 is 53.0. The Labute approximate surface area is 297 Å². The first-order valence-electron chi connectivity index (χ1n) is 13.3. The SMILES string of the molecule is CC.CCCOCCOCC.CCO.[CH2-]COCCOCC.[CH2-]COCCOS(=O)(=O)c1ccc(C)cc1.[Y].[Y]. The average molecular weight is 747 g/mol. The van der Waals surface area contributed by atoms with Crippen LogP contribution in [0.4, 0.5) is 0 Å². The predicted molar refractivity (Wildman–Crippen MR) is 155 cm³/mol. The van der Waals surface area contributed by atoms with Crippen LogP contribution in [0.3, 0.4) is 0 Å². The molecule has 0 saturated carbocycles. The van der Waals surface area contributed by atoms with Crippen LogP contribution in [-0.4, -0.2) is 92.8 Å². The van der Waals surface area contributed by atoms with E-state index in [-0.39, 0.29) is 90.1 Å². The monoisotopic (exact) mass is 746 g/mol. The van der Waals surface area contributed by atoms with Crippen LogP contribution < -0.4 is 0 Å². The van der Waals surface area contributed by atoms with Crippen LogP contribution in [0.5, 0.6) is 0 Å². The van der Waals surface area contributed by atoms with E-state index in [1.54, 1.807) is 19.1 Å². The molecule has 9 nitrogen and oxygen atoms in total. The molecule has 0 atom stereocenters. The maximum absolute atomic E-state index is 11.6. The summed E-state index contributed by atoms with van der Waals surface area (Å²) in [6, 6.07) is 6.49. The van der Waals surface area contributed by atoms with Crippen molar-refractivity contribution in [3.05, 3.63) is 43.7 Å².